The number of amides is 2. The lowest BCUT2D eigenvalue weighted by atomic mass is 10.0. The van der Waals surface area contributed by atoms with E-state index in [-0.39, 0.29) is 28.3 Å². The van der Waals surface area contributed by atoms with Gasteiger partial charge in [-0.25, -0.2) is 5.43 Å². The molecule has 0 spiro atoms. The van der Waals surface area contributed by atoms with Crippen LogP contribution in [0.15, 0.2) is 77.9 Å². The Morgan fingerprint density at radius 1 is 0.833 bits per heavy atom. The van der Waals surface area contributed by atoms with E-state index in [2.05, 4.69) is 15.8 Å². The molecule has 0 saturated carbocycles. The first kappa shape index (κ1) is 25.8. The van der Waals surface area contributed by atoms with Crippen LogP contribution in [0.25, 0.3) is 10.8 Å². The van der Waals surface area contributed by atoms with Gasteiger partial charge in [0.25, 0.3) is 11.8 Å². The summed E-state index contributed by atoms with van der Waals surface area (Å²) in [5.41, 5.74) is 4.00. The van der Waals surface area contributed by atoms with Crippen molar-refractivity contribution in [3.63, 3.8) is 0 Å². The van der Waals surface area contributed by atoms with E-state index < -0.39 is 5.91 Å². The minimum atomic E-state index is -0.442. The summed E-state index contributed by atoms with van der Waals surface area (Å²) in [6.45, 7) is -0.339. The molecule has 0 aliphatic carbocycles. The Labute approximate surface area is 226 Å². The molecule has 182 valence electrons. The molecule has 4 aromatic carbocycles. The van der Waals surface area contributed by atoms with Crippen LogP contribution in [0.5, 0.6) is 5.75 Å². The van der Waals surface area contributed by atoms with Gasteiger partial charge in [-0.1, -0.05) is 82.8 Å². The molecule has 0 radical (unpaired) electrons. The van der Waals surface area contributed by atoms with Crippen LogP contribution in [0, 0.1) is 0 Å². The van der Waals surface area contributed by atoms with Gasteiger partial charge in [0.15, 0.2) is 12.4 Å². The van der Waals surface area contributed by atoms with Crippen molar-refractivity contribution in [2.75, 3.05) is 11.9 Å². The highest BCUT2D eigenvalue weighted by Crippen LogP contribution is 2.34. The number of carbonyl (C=O) groups excluding carboxylic acids is 2. The van der Waals surface area contributed by atoms with E-state index in [4.69, 9.17) is 51.1 Å². The summed E-state index contributed by atoms with van der Waals surface area (Å²) < 4.78 is 5.50. The zero-order chi connectivity index (χ0) is 25.7. The summed E-state index contributed by atoms with van der Waals surface area (Å²) in [5, 5.41) is 9.45. The molecule has 0 unspecified atom stereocenters. The first-order valence-corrected chi connectivity index (χ1v) is 12.0. The van der Waals surface area contributed by atoms with Crippen LogP contribution in [0.1, 0.15) is 15.9 Å². The number of nitrogens with zero attached hydrogens (tertiary/aromatic N) is 1. The topological polar surface area (TPSA) is 79.8 Å². The van der Waals surface area contributed by atoms with Crippen molar-refractivity contribution < 1.29 is 14.3 Å². The number of rotatable bonds is 7. The SMILES string of the molecule is O=C(COc1c(Cl)cc(/C=N/NC(=O)c2cccc3ccccc23)cc1Cl)Nc1ccc(Cl)c(Cl)c1. The lowest BCUT2D eigenvalue weighted by molar-refractivity contribution is -0.118. The number of hydrogen-bond donors (Lipinski definition) is 2. The highest BCUT2D eigenvalue weighted by atomic mass is 35.5. The first-order chi connectivity index (χ1) is 17.3. The van der Waals surface area contributed by atoms with E-state index in [9.17, 15) is 9.59 Å². The highest BCUT2D eigenvalue weighted by Gasteiger charge is 2.13. The van der Waals surface area contributed by atoms with Crippen molar-refractivity contribution >= 4 is 80.9 Å². The molecule has 0 fully saturated rings. The minimum Gasteiger partial charge on any atom is -0.481 e. The Morgan fingerprint density at radius 2 is 1.56 bits per heavy atom. The third-order valence-electron chi connectivity index (χ3n) is 4.99. The van der Waals surface area contributed by atoms with Crippen LogP contribution in [-0.4, -0.2) is 24.6 Å². The Balaban J connectivity index is 1.37. The molecular weight excluding hydrogens is 544 g/mol. The number of hydrogen-bond acceptors (Lipinski definition) is 4. The number of hydrazone groups is 1. The quantitative estimate of drug-likeness (QED) is 0.185. The van der Waals surface area contributed by atoms with Crippen molar-refractivity contribution in [1.82, 2.24) is 5.43 Å². The fourth-order valence-electron chi connectivity index (χ4n) is 3.35. The van der Waals surface area contributed by atoms with Gasteiger partial charge in [0.05, 0.1) is 26.3 Å². The van der Waals surface area contributed by atoms with Crippen molar-refractivity contribution in [2.45, 2.75) is 0 Å². The molecule has 0 aliphatic rings. The average molecular weight is 561 g/mol. The summed E-state index contributed by atoms with van der Waals surface area (Å²) in [6, 6.07) is 20.8. The summed E-state index contributed by atoms with van der Waals surface area (Å²) in [6.07, 6.45) is 1.40. The second-order valence-electron chi connectivity index (χ2n) is 7.51. The Bertz CT molecular complexity index is 1460. The number of benzene rings is 4. The molecule has 36 heavy (non-hydrogen) atoms. The zero-order valence-electron chi connectivity index (χ0n) is 18.4. The Kier molecular flexibility index (Phi) is 8.33. The molecular formula is C26H17Cl4N3O3. The Morgan fingerprint density at radius 3 is 2.31 bits per heavy atom. The predicted molar refractivity (Wildman–Crippen MR) is 146 cm³/mol. The largest absolute Gasteiger partial charge is 0.481 e. The highest BCUT2D eigenvalue weighted by molar-refractivity contribution is 6.42. The van der Waals surface area contributed by atoms with E-state index in [1.165, 1.54) is 12.3 Å². The van der Waals surface area contributed by atoms with Gasteiger partial charge in [-0.15, -0.1) is 0 Å². The lowest BCUT2D eigenvalue weighted by Crippen LogP contribution is -2.20. The fourth-order valence-corrected chi connectivity index (χ4v) is 4.26. The maximum absolute atomic E-state index is 12.6. The van der Waals surface area contributed by atoms with Gasteiger partial charge in [0.1, 0.15) is 0 Å². The normalized spacial score (nSPS) is 11.0. The number of halogens is 4. The molecule has 0 bridgehead atoms. The van der Waals surface area contributed by atoms with Crippen molar-refractivity contribution in [2.24, 2.45) is 5.10 Å². The van der Waals surface area contributed by atoms with Gasteiger partial charge in [0.2, 0.25) is 0 Å². The van der Waals surface area contributed by atoms with Crippen molar-refractivity contribution in [3.8, 4) is 5.75 Å². The van der Waals surface area contributed by atoms with E-state index in [0.29, 0.717) is 26.9 Å². The molecule has 0 aliphatic heterocycles. The number of ether oxygens (including phenoxy) is 1. The van der Waals surface area contributed by atoms with Gasteiger partial charge in [-0.2, -0.15) is 5.10 Å². The van der Waals surface area contributed by atoms with Gasteiger partial charge in [-0.05, 0) is 52.7 Å². The number of nitrogens with one attached hydrogen (secondary N) is 2. The van der Waals surface area contributed by atoms with Gasteiger partial charge >= 0.3 is 0 Å². The van der Waals surface area contributed by atoms with Crippen LogP contribution in [-0.2, 0) is 4.79 Å². The number of carbonyl (C=O) groups is 2. The lowest BCUT2D eigenvalue weighted by Gasteiger charge is -2.11. The minimum absolute atomic E-state index is 0.138. The second-order valence-corrected chi connectivity index (χ2v) is 9.13. The molecule has 6 nitrogen and oxygen atoms in total. The molecule has 2 N–H and O–H groups in total. The van der Waals surface area contributed by atoms with Gasteiger partial charge in [0, 0.05) is 11.3 Å². The van der Waals surface area contributed by atoms with E-state index in [1.54, 1.807) is 30.3 Å². The summed E-state index contributed by atoms with van der Waals surface area (Å²) in [7, 11) is 0. The maximum Gasteiger partial charge on any atom is 0.271 e. The standard InChI is InChI=1S/C26H17Cl4N3O3/c27-20-9-8-17(12-21(20)28)32-24(34)14-36-25-22(29)10-15(11-23(25)30)13-31-33-26(35)19-7-3-5-16-4-1-2-6-18(16)19/h1-13H,14H2,(H,32,34)(H,33,35)/b31-13+. The van der Waals surface area contributed by atoms with Crippen LogP contribution in [0.4, 0.5) is 5.69 Å². The third-order valence-corrected chi connectivity index (χ3v) is 6.29. The molecule has 10 heteroatoms. The number of fused-ring (bicyclic) bond motifs is 1. The molecule has 0 heterocycles. The van der Waals surface area contributed by atoms with Crippen molar-refractivity contribution in [3.05, 3.63) is 104 Å². The monoisotopic (exact) mass is 559 g/mol. The molecule has 2 amide bonds. The van der Waals surface area contributed by atoms with E-state index >= 15 is 0 Å². The molecule has 0 saturated heterocycles. The maximum atomic E-state index is 12.6. The van der Waals surface area contributed by atoms with E-state index in [0.717, 1.165) is 10.8 Å². The fraction of sp³-hybridized carbons (Fsp3) is 0.0385. The van der Waals surface area contributed by atoms with Crippen molar-refractivity contribution in [1.29, 1.82) is 0 Å². The molecule has 0 atom stereocenters. The van der Waals surface area contributed by atoms with Crippen LogP contribution >= 0.6 is 46.4 Å². The third kappa shape index (κ3) is 6.28. The average Bonchev–Trinajstić information content (AvgIpc) is 2.85. The van der Waals surface area contributed by atoms with Crippen LogP contribution in [0.3, 0.4) is 0 Å². The Hall–Kier alpha value is -3.29. The second kappa shape index (κ2) is 11.6. The summed E-state index contributed by atoms with van der Waals surface area (Å²) in [4.78, 5) is 24.8. The zero-order valence-corrected chi connectivity index (χ0v) is 21.4. The van der Waals surface area contributed by atoms with Crippen LogP contribution in [0.2, 0.25) is 20.1 Å². The van der Waals surface area contributed by atoms with Crippen LogP contribution < -0.4 is 15.5 Å². The predicted octanol–water partition coefficient (Wildman–Crippen LogP) is 7.23. The molecule has 0 aromatic heterocycles. The van der Waals surface area contributed by atoms with Gasteiger partial charge < -0.3 is 10.1 Å². The van der Waals surface area contributed by atoms with Gasteiger partial charge in [-0.3, -0.25) is 9.59 Å². The molecule has 4 aromatic rings. The first-order valence-electron chi connectivity index (χ1n) is 10.5. The van der Waals surface area contributed by atoms with E-state index in [1.807, 2.05) is 36.4 Å². The summed E-state index contributed by atoms with van der Waals surface area (Å²) >= 11 is 24.4. The summed E-state index contributed by atoms with van der Waals surface area (Å²) in [5.74, 6) is -0.657. The smallest absolute Gasteiger partial charge is 0.271 e. The molecule has 4 rings (SSSR count). The number of anilines is 1.